The molecule has 0 unspecified atom stereocenters. The van der Waals surface area contributed by atoms with Crippen molar-refractivity contribution in [2.45, 2.75) is 12.1 Å². The van der Waals surface area contributed by atoms with Crippen molar-refractivity contribution in [3.8, 4) is 5.13 Å². The van der Waals surface area contributed by atoms with Gasteiger partial charge in [-0.1, -0.05) is 29.5 Å². The molecule has 1 aliphatic heterocycles. The highest BCUT2D eigenvalue weighted by Gasteiger charge is 2.42. The molecule has 0 radical (unpaired) electrons. The topological polar surface area (TPSA) is 84.3 Å². The van der Waals surface area contributed by atoms with E-state index in [1.54, 1.807) is 17.5 Å². The molecule has 8 nitrogen and oxygen atoms in total. The van der Waals surface area contributed by atoms with Crippen molar-refractivity contribution < 1.29 is 9.53 Å². The lowest BCUT2D eigenvalue weighted by molar-refractivity contribution is -0.119. The number of rotatable bonds is 7. The van der Waals surface area contributed by atoms with E-state index < -0.39 is 0 Å². The zero-order valence-corrected chi connectivity index (χ0v) is 22.1. The number of benzene rings is 2. The summed E-state index contributed by atoms with van der Waals surface area (Å²) in [5.74, 6) is -0.208. The molecule has 1 saturated heterocycles. The minimum absolute atomic E-state index is 0.00152. The number of aromatic nitrogens is 3. The second-order valence-electron chi connectivity index (χ2n) is 8.79. The molecule has 1 fully saturated rings. The highest BCUT2D eigenvalue weighted by atomic mass is 32.1. The number of anilines is 2. The number of pyridine rings is 1. The van der Waals surface area contributed by atoms with E-state index in [2.05, 4.69) is 37.2 Å². The molecule has 0 aliphatic carbocycles. The molecule has 2 atom stereocenters. The van der Waals surface area contributed by atoms with Crippen molar-refractivity contribution in [1.82, 2.24) is 19.9 Å². The van der Waals surface area contributed by atoms with Crippen molar-refractivity contribution in [3.05, 3.63) is 103 Å². The van der Waals surface area contributed by atoms with E-state index in [1.165, 1.54) is 7.11 Å². The highest BCUT2D eigenvalue weighted by molar-refractivity contribution is 7.80. The van der Waals surface area contributed by atoms with Crippen LogP contribution in [0.15, 0.2) is 91.3 Å². The Morgan fingerprint density at radius 3 is 2.66 bits per heavy atom. The van der Waals surface area contributed by atoms with Crippen LogP contribution >= 0.6 is 23.6 Å². The summed E-state index contributed by atoms with van der Waals surface area (Å²) in [4.78, 5) is 23.6. The Morgan fingerprint density at radius 1 is 1.08 bits per heavy atom. The molecule has 2 aromatic carbocycles. The van der Waals surface area contributed by atoms with Crippen molar-refractivity contribution in [3.63, 3.8) is 0 Å². The summed E-state index contributed by atoms with van der Waals surface area (Å²) in [7, 11) is 1.49. The van der Waals surface area contributed by atoms with Crippen LogP contribution in [0.5, 0.6) is 0 Å². The predicted octanol–water partition coefficient (Wildman–Crippen LogP) is 5.24. The summed E-state index contributed by atoms with van der Waals surface area (Å²) in [6.07, 6.45) is 3.83. The van der Waals surface area contributed by atoms with Crippen LogP contribution in [0.2, 0.25) is 0 Å². The number of carbonyl (C=O) groups excluding carboxylic acids is 1. The van der Waals surface area contributed by atoms with Gasteiger partial charge in [0, 0.05) is 30.9 Å². The minimum Gasteiger partial charge on any atom is -0.375 e. The first-order valence-corrected chi connectivity index (χ1v) is 13.3. The fourth-order valence-electron chi connectivity index (χ4n) is 4.74. The zero-order chi connectivity index (χ0) is 26.1. The number of nitrogens with zero attached hydrogens (tertiary/aromatic N) is 4. The molecule has 0 bridgehead atoms. The number of fused-ring (bicyclic) bond motifs is 1. The van der Waals surface area contributed by atoms with Gasteiger partial charge in [-0.3, -0.25) is 14.3 Å². The largest absolute Gasteiger partial charge is 0.375 e. The van der Waals surface area contributed by atoms with E-state index in [0.29, 0.717) is 10.8 Å². The number of para-hydroxylation sites is 1. The molecule has 190 valence electrons. The average Bonchev–Trinajstić information content (AvgIpc) is 3.66. The van der Waals surface area contributed by atoms with Gasteiger partial charge < -0.3 is 20.3 Å². The van der Waals surface area contributed by atoms with Crippen molar-refractivity contribution in [1.29, 1.82) is 0 Å². The monoisotopic (exact) mass is 540 g/mol. The van der Waals surface area contributed by atoms with E-state index in [0.717, 1.165) is 32.4 Å². The van der Waals surface area contributed by atoms with Crippen LogP contribution < -0.4 is 15.5 Å². The van der Waals surface area contributed by atoms with E-state index in [-0.39, 0.29) is 24.6 Å². The predicted molar refractivity (Wildman–Crippen MR) is 154 cm³/mol. The third-order valence-corrected chi connectivity index (χ3v) is 7.73. The van der Waals surface area contributed by atoms with Crippen LogP contribution in [0.3, 0.4) is 0 Å². The summed E-state index contributed by atoms with van der Waals surface area (Å²) >= 11 is 7.53. The number of carbonyl (C=O) groups is 1. The van der Waals surface area contributed by atoms with Gasteiger partial charge in [-0.15, -0.1) is 0 Å². The maximum absolute atomic E-state index is 12.0. The van der Waals surface area contributed by atoms with Gasteiger partial charge in [0.05, 0.1) is 27.6 Å². The van der Waals surface area contributed by atoms with E-state index in [9.17, 15) is 4.79 Å². The quantitative estimate of drug-likeness (QED) is 0.273. The van der Waals surface area contributed by atoms with Gasteiger partial charge in [0.2, 0.25) is 5.91 Å². The van der Waals surface area contributed by atoms with Crippen LogP contribution in [-0.4, -0.2) is 39.3 Å². The van der Waals surface area contributed by atoms with Gasteiger partial charge in [-0.25, -0.2) is 4.98 Å². The Morgan fingerprint density at radius 2 is 1.89 bits per heavy atom. The Labute approximate surface area is 228 Å². The first kappa shape index (κ1) is 24.2. The lowest BCUT2D eigenvalue weighted by atomic mass is 10.0. The number of hydrogen-bond acceptors (Lipinski definition) is 6. The van der Waals surface area contributed by atoms with Gasteiger partial charge in [0.15, 0.2) is 10.2 Å². The van der Waals surface area contributed by atoms with Crippen LogP contribution in [-0.2, 0) is 9.53 Å². The fraction of sp³-hybridized carbons (Fsp3) is 0.143. The molecule has 10 heteroatoms. The van der Waals surface area contributed by atoms with Gasteiger partial charge in [0.25, 0.3) is 0 Å². The van der Waals surface area contributed by atoms with E-state index in [4.69, 9.17) is 21.9 Å². The molecule has 3 aromatic heterocycles. The van der Waals surface area contributed by atoms with E-state index >= 15 is 0 Å². The van der Waals surface area contributed by atoms with Crippen molar-refractivity contribution in [2.24, 2.45) is 0 Å². The van der Waals surface area contributed by atoms with Crippen molar-refractivity contribution in [2.75, 3.05) is 23.9 Å². The summed E-state index contributed by atoms with van der Waals surface area (Å²) in [5.41, 5.74) is 4.47. The Bertz CT molecular complexity index is 1570. The van der Waals surface area contributed by atoms with Gasteiger partial charge >= 0.3 is 0 Å². The number of ether oxygens (including phenoxy) is 1. The fourth-order valence-corrected chi connectivity index (χ4v) is 6.06. The molecule has 4 heterocycles. The Kier molecular flexibility index (Phi) is 6.59. The number of hydrogen-bond donors (Lipinski definition) is 2. The van der Waals surface area contributed by atoms with Crippen LogP contribution in [0, 0.1) is 0 Å². The molecule has 1 amide bonds. The third kappa shape index (κ3) is 4.53. The first-order valence-electron chi connectivity index (χ1n) is 12.0. The summed E-state index contributed by atoms with van der Waals surface area (Å²) in [6, 6.07) is 25.4. The standard InChI is InChI=1S/C28H24N6O2S2/c1-36-17-24(35)30-18-11-13-19(14-12-18)34-26(25(32-27(34)37)21-8-4-5-15-29-21)22-9-6-16-33(22)28-31-20-7-2-3-10-23(20)38-28/h2-16,25-26H,17H2,1H3,(H,30,35)(H,32,37)/t25-,26+/m0/s1. The van der Waals surface area contributed by atoms with Gasteiger partial charge in [-0.05, 0) is 72.9 Å². The number of amides is 1. The maximum atomic E-state index is 12.0. The maximum Gasteiger partial charge on any atom is 0.250 e. The van der Waals surface area contributed by atoms with Crippen molar-refractivity contribution >= 4 is 56.2 Å². The average molecular weight is 541 g/mol. The lowest BCUT2D eigenvalue weighted by Crippen LogP contribution is -2.30. The second-order valence-corrected chi connectivity index (χ2v) is 10.2. The van der Waals surface area contributed by atoms with Gasteiger partial charge in [-0.2, -0.15) is 0 Å². The number of thiazole rings is 1. The smallest absolute Gasteiger partial charge is 0.250 e. The Hall–Kier alpha value is -4.12. The highest BCUT2D eigenvalue weighted by Crippen LogP contribution is 2.43. The van der Waals surface area contributed by atoms with Crippen LogP contribution in [0.1, 0.15) is 23.5 Å². The van der Waals surface area contributed by atoms with Crippen LogP contribution in [0.4, 0.5) is 11.4 Å². The second kappa shape index (κ2) is 10.3. The lowest BCUT2D eigenvalue weighted by Gasteiger charge is -2.28. The normalized spacial score (nSPS) is 17.1. The third-order valence-electron chi connectivity index (χ3n) is 6.37. The summed E-state index contributed by atoms with van der Waals surface area (Å²) in [6.45, 7) is -0.00152. The number of methoxy groups -OCH3 is 1. The molecule has 38 heavy (non-hydrogen) atoms. The molecule has 2 N–H and O–H groups in total. The first-order chi connectivity index (χ1) is 18.6. The molecule has 0 spiro atoms. The Balaban J connectivity index is 1.42. The molecule has 6 rings (SSSR count). The summed E-state index contributed by atoms with van der Waals surface area (Å²) in [5, 5.41) is 7.83. The number of nitrogens with one attached hydrogen (secondary N) is 2. The minimum atomic E-state index is -0.208. The molecular weight excluding hydrogens is 516 g/mol. The summed E-state index contributed by atoms with van der Waals surface area (Å²) < 4.78 is 8.18. The SMILES string of the molecule is COCC(=O)Nc1ccc(N2C(=S)N[C@@H](c3ccccn3)[C@H]2c2cccn2-c2nc3ccccc3s2)cc1. The molecular formula is C28H24N6O2S2. The molecule has 1 aliphatic rings. The van der Waals surface area contributed by atoms with Gasteiger partial charge in [0.1, 0.15) is 12.6 Å². The molecule has 5 aromatic rings. The van der Waals surface area contributed by atoms with E-state index in [1.807, 2.05) is 72.9 Å². The zero-order valence-electron chi connectivity index (χ0n) is 20.4. The molecule has 0 saturated carbocycles. The van der Waals surface area contributed by atoms with Crippen LogP contribution in [0.25, 0.3) is 15.3 Å². The number of thiocarbonyl (C=S) groups is 1.